The Morgan fingerprint density at radius 3 is 2.48 bits per heavy atom. The van der Waals surface area contributed by atoms with E-state index in [1.54, 1.807) is 0 Å². The van der Waals surface area contributed by atoms with Crippen LogP contribution in [0.25, 0.3) is 0 Å². The zero-order valence-corrected chi connectivity index (χ0v) is 14.2. The van der Waals surface area contributed by atoms with Crippen molar-refractivity contribution in [2.75, 3.05) is 67.0 Å². The van der Waals surface area contributed by atoms with Crippen molar-refractivity contribution >= 4 is 0 Å². The van der Waals surface area contributed by atoms with Crippen LogP contribution >= 0.6 is 0 Å². The van der Waals surface area contributed by atoms with Crippen LogP contribution in [0.2, 0.25) is 0 Å². The molecule has 2 atom stereocenters. The fourth-order valence-electron chi connectivity index (χ4n) is 4.01. The Hall–Kier alpha value is -0.200. The van der Waals surface area contributed by atoms with E-state index in [4.69, 9.17) is 10.5 Å². The van der Waals surface area contributed by atoms with E-state index in [1.165, 1.54) is 25.8 Å². The molecule has 1 heterocycles. The number of nitrogens with zero attached hydrogens (tertiary/aromatic N) is 3. The van der Waals surface area contributed by atoms with Crippen LogP contribution in [-0.2, 0) is 4.74 Å². The SMILES string of the molecule is COC1CCCCC1(CN)N1CCN(CCN(C)C)CC1. The molecule has 1 saturated heterocycles. The Morgan fingerprint density at radius 2 is 1.90 bits per heavy atom. The molecular weight excluding hydrogens is 264 g/mol. The summed E-state index contributed by atoms with van der Waals surface area (Å²) in [6.07, 6.45) is 5.24. The van der Waals surface area contributed by atoms with Gasteiger partial charge in [0.05, 0.1) is 11.6 Å². The summed E-state index contributed by atoms with van der Waals surface area (Å²) >= 11 is 0. The summed E-state index contributed by atoms with van der Waals surface area (Å²) in [5.41, 5.74) is 6.31. The third-order valence-corrected chi connectivity index (χ3v) is 5.43. The van der Waals surface area contributed by atoms with Crippen LogP contribution in [0, 0.1) is 0 Å². The van der Waals surface area contributed by atoms with Gasteiger partial charge in [0.1, 0.15) is 0 Å². The van der Waals surface area contributed by atoms with E-state index >= 15 is 0 Å². The number of likely N-dealkylation sites (N-methyl/N-ethyl adjacent to an activating group) is 1. The maximum atomic E-state index is 6.23. The van der Waals surface area contributed by atoms with E-state index in [0.29, 0.717) is 6.10 Å². The van der Waals surface area contributed by atoms with Gasteiger partial charge in [0.2, 0.25) is 0 Å². The molecule has 5 heteroatoms. The minimum atomic E-state index is 0.0840. The summed E-state index contributed by atoms with van der Waals surface area (Å²) in [5.74, 6) is 0. The molecule has 0 bridgehead atoms. The van der Waals surface area contributed by atoms with Crippen LogP contribution in [-0.4, -0.2) is 93.4 Å². The number of methoxy groups -OCH3 is 1. The molecule has 5 nitrogen and oxygen atoms in total. The molecule has 0 aromatic heterocycles. The first kappa shape index (κ1) is 17.2. The second-order valence-corrected chi connectivity index (χ2v) is 6.91. The molecule has 1 aliphatic heterocycles. The fourth-order valence-corrected chi connectivity index (χ4v) is 4.01. The monoisotopic (exact) mass is 298 g/mol. The lowest BCUT2D eigenvalue weighted by Crippen LogP contribution is -2.66. The zero-order chi connectivity index (χ0) is 15.3. The quantitative estimate of drug-likeness (QED) is 0.771. The van der Waals surface area contributed by atoms with Gasteiger partial charge >= 0.3 is 0 Å². The van der Waals surface area contributed by atoms with Gasteiger partial charge in [0, 0.05) is 52.9 Å². The van der Waals surface area contributed by atoms with Crippen molar-refractivity contribution in [3.05, 3.63) is 0 Å². The highest BCUT2D eigenvalue weighted by Crippen LogP contribution is 2.35. The van der Waals surface area contributed by atoms with Gasteiger partial charge in [-0.1, -0.05) is 12.8 Å². The Kier molecular flexibility index (Phi) is 6.44. The van der Waals surface area contributed by atoms with Gasteiger partial charge in [0.15, 0.2) is 0 Å². The molecule has 124 valence electrons. The van der Waals surface area contributed by atoms with Gasteiger partial charge in [-0.05, 0) is 26.9 Å². The van der Waals surface area contributed by atoms with E-state index in [-0.39, 0.29) is 5.54 Å². The van der Waals surface area contributed by atoms with Crippen molar-refractivity contribution in [2.24, 2.45) is 5.73 Å². The predicted molar refractivity (Wildman–Crippen MR) is 87.6 cm³/mol. The van der Waals surface area contributed by atoms with E-state index in [0.717, 1.165) is 45.7 Å². The smallest absolute Gasteiger partial charge is 0.0767 e. The van der Waals surface area contributed by atoms with Gasteiger partial charge in [-0.15, -0.1) is 0 Å². The average molecular weight is 298 g/mol. The second-order valence-electron chi connectivity index (χ2n) is 6.91. The number of hydrogen-bond acceptors (Lipinski definition) is 5. The van der Waals surface area contributed by atoms with Gasteiger partial charge in [-0.2, -0.15) is 0 Å². The summed E-state index contributed by atoms with van der Waals surface area (Å²) in [6.45, 7) is 7.61. The summed E-state index contributed by atoms with van der Waals surface area (Å²) in [5, 5.41) is 0. The predicted octanol–water partition coefficient (Wildman–Crippen LogP) is 0.452. The third-order valence-electron chi connectivity index (χ3n) is 5.43. The first-order chi connectivity index (χ1) is 10.1. The molecule has 21 heavy (non-hydrogen) atoms. The molecule has 0 spiro atoms. The third kappa shape index (κ3) is 3.96. The highest BCUT2D eigenvalue weighted by Gasteiger charge is 2.45. The van der Waals surface area contributed by atoms with Gasteiger partial charge in [-0.25, -0.2) is 0 Å². The van der Waals surface area contributed by atoms with Crippen molar-refractivity contribution < 1.29 is 4.74 Å². The second kappa shape index (κ2) is 7.88. The molecular formula is C16H34N4O. The molecule has 1 aliphatic carbocycles. The number of hydrogen-bond donors (Lipinski definition) is 1. The van der Waals surface area contributed by atoms with E-state index < -0.39 is 0 Å². The molecule has 2 rings (SSSR count). The fraction of sp³-hybridized carbons (Fsp3) is 1.00. The first-order valence-electron chi connectivity index (χ1n) is 8.47. The normalized spacial score (nSPS) is 32.7. The van der Waals surface area contributed by atoms with Crippen LogP contribution in [0.5, 0.6) is 0 Å². The topological polar surface area (TPSA) is 45.0 Å². The lowest BCUT2D eigenvalue weighted by molar-refractivity contribution is -0.0887. The Labute approximate surface area is 130 Å². The highest BCUT2D eigenvalue weighted by atomic mass is 16.5. The van der Waals surface area contributed by atoms with Crippen molar-refractivity contribution in [3.63, 3.8) is 0 Å². The summed E-state index contributed by atoms with van der Waals surface area (Å²) in [4.78, 5) is 7.47. The Balaban J connectivity index is 1.92. The Bertz CT molecular complexity index is 305. The van der Waals surface area contributed by atoms with E-state index in [1.807, 2.05) is 7.11 Å². The Morgan fingerprint density at radius 1 is 1.19 bits per heavy atom. The molecule has 2 unspecified atom stereocenters. The van der Waals surface area contributed by atoms with Crippen molar-refractivity contribution in [1.29, 1.82) is 0 Å². The minimum Gasteiger partial charge on any atom is -0.379 e. The van der Waals surface area contributed by atoms with Gasteiger partial charge in [0.25, 0.3) is 0 Å². The lowest BCUT2D eigenvalue weighted by Gasteiger charge is -2.52. The number of piperazine rings is 1. The number of ether oxygens (including phenoxy) is 1. The molecule has 1 saturated carbocycles. The number of nitrogens with two attached hydrogens (primary N) is 1. The van der Waals surface area contributed by atoms with Gasteiger partial charge in [-0.3, -0.25) is 9.80 Å². The van der Waals surface area contributed by atoms with Gasteiger partial charge < -0.3 is 15.4 Å². The standard InChI is InChI=1S/C16H34N4O/c1-18(2)8-9-19-10-12-20(13-11-19)16(14-17)7-5-4-6-15(16)21-3/h15H,4-14,17H2,1-3H3. The van der Waals surface area contributed by atoms with Crippen LogP contribution in [0.15, 0.2) is 0 Å². The molecule has 0 amide bonds. The van der Waals surface area contributed by atoms with Crippen LogP contribution in [0.1, 0.15) is 25.7 Å². The van der Waals surface area contributed by atoms with Crippen molar-refractivity contribution in [2.45, 2.75) is 37.3 Å². The molecule has 0 radical (unpaired) electrons. The first-order valence-corrected chi connectivity index (χ1v) is 8.47. The van der Waals surface area contributed by atoms with Crippen LogP contribution < -0.4 is 5.73 Å². The van der Waals surface area contributed by atoms with E-state index in [2.05, 4.69) is 28.8 Å². The van der Waals surface area contributed by atoms with Crippen molar-refractivity contribution in [3.8, 4) is 0 Å². The minimum absolute atomic E-state index is 0.0840. The molecule has 0 aromatic rings. The van der Waals surface area contributed by atoms with E-state index in [9.17, 15) is 0 Å². The van der Waals surface area contributed by atoms with Crippen LogP contribution in [0.3, 0.4) is 0 Å². The van der Waals surface area contributed by atoms with Crippen molar-refractivity contribution in [1.82, 2.24) is 14.7 Å². The molecule has 2 N–H and O–H groups in total. The maximum absolute atomic E-state index is 6.23. The van der Waals surface area contributed by atoms with Crippen LogP contribution in [0.4, 0.5) is 0 Å². The molecule has 0 aromatic carbocycles. The summed E-state index contributed by atoms with van der Waals surface area (Å²) in [7, 11) is 6.14. The molecule has 2 aliphatic rings. The highest BCUT2D eigenvalue weighted by molar-refractivity contribution is 5.02. The number of rotatable bonds is 6. The summed E-state index contributed by atoms with van der Waals surface area (Å²) in [6, 6.07) is 0. The summed E-state index contributed by atoms with van der Waals surface area (Å²) < 4.78 is 5.82. The average Bonchev–Trinajstić information content (AvgIpc) is 2.53. The zero-order valence-electron chi connectivity index (χ0n) is 14.2. The molecule has 2 fully saturated rings. The maximum Gasteiger partial charge on any atom is 0.0767 e. The lowest BCUT2D eigenvalue weighted by atomic mass is 9.77. The largest absolute Gasteiger partial charge is 0.379 e.